The number of rotatable bonds is 2. The molecule has 10 nitrogen and oxygen atoms in total. The van der Waals surface area contributed by atoms with Gasteiger partial charge in [0.15, 0.2) is 5.82 Å². The summed E-state index contributed by atoms with van der Waals surface area (Å²) >= 11 is 0. The molecule has 0 aromatic heterocycles. The second kappa shape index (κ2) is 8.75. The van der Waals surface area contributed by atoms with Gasteiger partial charge in [0.05, 0.1) is 10.5 Å². The standard InChI is InChI=1S/C21H17N5O4.C2H6OS/c22-18-15(16(27)12-6-2-1-3-7-12)21(13-8-4-5-9-14(13)24-20(21)28)17(26(29)30)19-23-10-11-25(18)19;1-4(2)3/h1-9,22-23,27H,10-11H2,(H,24,28);1-2H3/b16-15+,22-18?;/t21-;/m0./s1. The number of benzene rings is 2. The molecule has 1 atom stereocenters. The number of aliphatic hydroxyl groups is 1. The normalized spacial score (nSPS) is 22.0. The molecule has 0 saturated carbocycles. The highest BCUT2D eigenvalue weighted by Gasteiger charge is 2.66. The smallest absolute Gasteiger partial charge is 0.311 e. The Bertz CT molecular complexity index is 1290. The van der Waals surface area contributed by atoms with E-state index >= 15 is 0 Å². The highest BCUT2D eigenvalue weighted by Crippen LogP contribution is 2.53. The van der Waals surface area contributed by atoms with Gasteiger partial charge in [-0.3, -0.25) is 24.5 Å². The van der Waals surface area contributed by atoms with E-state index in [1.807, 2.05) is 0 Å². The lowest BCUT2D eigenvalue weighted by molar-refractivity contribution is -0.435. The molecule has 3 aliphatic rings. The minimum Gasteiger partial charge on any atom is -0.507 e. The Balaban J connectivity index is 0.000000636. The van der Waals surface area contributed by atoms with Crippen molar-refractivity contribution in [2.75, 3.05) is 30.9 Å². The third-order valence-corrected chi connectivity index (χ3v) is 5.75. The second-order valence-corrected chi connectivity index (χ2v) is 9.45. The first kappa shape index (κ1) is 23.2. The Hall–Kier alpha value is -3.99. The molecule has 11 heteroatoms. The number of amides is 1. The molecule has 0 radical (unpaired) electrons. The number of hydrogen-bond donors (Lipinski definition) is 4. The maximum absolute atomic E-state index is 13.5. The van der Waals surface area contributed by atoms with Gasteiger partial charge in [0.25, 0.3) is 5.91 Å². The monoisotopic (exact) mass is 481 g/mol. The lowest BCUT2D eigenvalue weighted by Gasteiger charge is -2.37. The molecule has 176 valence electrons. The topological polar surface area (TPSA) is 149 Å². The number of anilines is 1. The number of para-hydroxylation sites is 1. The summed E-state index contributed by atoms with van der Waals surface area (Å²) in [6.07, 6.45) is 3.28. The highest BCUT2D eigenvalue weighted by molar-refractivity contribution is 7.83. The maximum atomic E-state index is 13.5. The van der Waals surface area contributed by atoms with Crippen molar-refractivity contribution >= 4 is 34.0 Å². The van der Waals surface area contributed by atoms with Crippen LogP contribution in [0.1, 0.15) is 11.1 Å². The van der Waals surface area contributed by atoms with Crippen molar-refractivity contribution in [2.45, 2.75) is 5.41 Å². The molecule has 1 spiro atoms. The van der Waals surface area contributed by atoms with Crippen LogP contribution in [-0.4, -0.2) is 56.5 Å². The summed E-state index contributed by atoms with van der Waals surface area (Å²) in [4.78, 5) is 26.7. The largest absolute Gasteiger partial charge is 0.507 e. The van der Waals surface area contributed by atoms with Crippen molar-refractivity contribution in [2.24, 2.45) is 0 Å². The van der Waals surface area contributed by atoms with Crippen LogP contribution in [0.25, 0.3) is 5.76 Å². The van der Waals surface area contributed by atoms with E-state index in [4.69, 9.17) is 5.41 Å². The van der Waals surface area contributed by atoms with Gasteiger partial charge < -0.3 is 20.6 Å². The highest BCUT2D eigenvalue weighted by atomic mass is 32.2. The average molecular weight is 482 g/mol. The minimum absolute atomic E-state index is 0.102. The summed E-state index contributed by atoms with van der Waals surface area (Å²) in [5, 5.41) is 38.1. The summed E-state index contributed by atoms with van der Waals surface area (Å²) in [5.74, 6) is -1.04. The van der Waals surface area contributed by atoms with Crippen molar-refractivity contribution in [3.8, 4) is 0 Å². The molecule has 5 rings (SSSR count). The Morgan fingerprint density at radius 3 is 2.44 bits per heavy atom. The van der Waals surface area contributed by atoms with Gasteiger partial charge in [0.1, 0.15) is 11.6 Å². The lowest BCUT2D eigenvalue weighted by Crippen LogP contribution is -2.53. The van der Waals surface area contributed by atoms with E-state index in [1.54, 1.807) is 67.1 Å². The number of carbonyl (C=O) groups is 1. The molecule has 0 bridgehead atoms. The number of hydrogen-bond acceptors (Lipinski definition) is 7. The van der Waals surface area contributed by atoms with E-state index in [0.717, 1.165) is 0 Å². The molecule has 2 aromatic carbocycles. The van der Waals surface area contributed by atoms with Gasteiger partial charge in [-0.15, -0.1) is 0 Å². The fraction of sp³-hybridized carbons (Fsp3) is 0.217. The van der Waals surface area contributed by atoms with E-state index in [-0.39, 0.29) is 23.0 Å². The summed E-state index contributed by atoms with van der Waals surface area (Å²) < 4.78 is 9.56. The van der Waals surface area contributed by atoms with Gasteiger partial charge in [-0.25, -0.2) is 0 Å². The predicted molar refractivity (Wildman–Crippen MR) is 129 cm³/mol. The van der Waals surface area contributed by atoms with Crippen molar-refractivity contribution in [3.05, 3.63) is 92.9 Å². The quantitative estimate of drug-likeness (QED) is 0.292. The predicted octanol–water partition coefficient (Wildman–Crippen LogP) is 2.18. The van der Waals surface area contributed by atoms with Crippen LogP contribution in [0.5, 0.6) is 0 Å². The third-order valence-electron chi connectivity index (χ3n) is 5.75. The summed E-state index contributed by atoms with van der Waals surface area (Å²) in [6.45, 7) is 0.699. The van der Waals surface area contributed by atoms with Crippen LogP contribution in [0.4, 0.5) is 5.69 Å². The number of aliphatic hydroxyl groups excluding tert-OH is 1. The van der Waals surface area contributed by atoms with Gasteiger partial charge in [0, 0.05) is 53.2 Å². The van der Waals surface area contributed by atoms with Crippen LogP contribution >= 0.6 is 0 Å². The van der Waals surface area contributed by atoms with Gasteiger partial charge in [0.2, 0.25) is 5.41 Å². The molecule has 34 heavy (non-hydrogen) atoms. The number of amidine groups is 1. The summed E-state index contributed by atoms with van der Waals surface area (Å²) in [5.41, 5.74) is -1.33. The SMILES string of the molecule is CS(C)=O.N=C1/C(=C(\O)c2ccccc2)[C@]2(C(=O)Nc3ccccc32)C([N+](=O)[O-])=C2NCCN12. The van der Waals surface area contributed by atoms with Gasteiger partial charge in [-0.2, -0.15) is 0 Å². The van der Waals surface area contributed by atoms with Crippen LogP contribution in [0.15, 0.2) is 71.7 Å². The van der Waals surface area contributed by atoms with E-state index in [9.17, 15) is 24.2 Å². The van der Waals surface area contributed by atoms with Crippen LogP contribution in [0.3, 0.4) is 0 Å². The van der Waals surface area contributed by atoms with Crippen LogP contribution in [-0.2, 0) is 21.0 Å². The molecular weight excluding hydrogens is 458 g/mol. The molecular formula is C23H23N5O5S. The van der Waals surface area contributed by atoms with Crippen molar-refractivity contribution < 1.29 is 19.0 Å². The fourth-order valence-corrected chi connectivity index (χ4v) is 4.53. The zero-order valence-corrected chi connectivity index (χ0v) is 19.3. The van der Waals surface area contributed by atoms with Crippen LogP contribution in [0.2, 0.25) is 0 Å². The summed E-state index contributed by atoms with van der Waals surface area (Å²) in [7, 11) is -0.611. The molecule has 3 aliphatic heterocycles. The first-order valence-electron chi connectivity index (χ1n) is 10.4. The fourth-order valence-electron chi connectivity index (χ4n) is 4.53. The van der Waals surface area contributed by atoms with Gasteiger partial charge in [-0.1, -0.05) is 48.5 Å². The number of nitrogens with zero attached hydrogens (tertiary/aromatic N) is 2. The minimum atomic E-state index is -1.96. The van der Waals surface area contributed by atoms with Crippen LogP contribution < -0.4 is 10.6 Å². The van der Waals surface area contributed by atoms with Crippen molar-refractivity contribution in [1.82, 2.24) is 10.2 Å². The van der Waals surface area contributed by atoms with E-state index in [2.05, 4.69) is 10.6 Å². The number of nitro groups is 1. The molecule has 4 N–H and O–H groups in total. The van der Waals surface area contributed by atoms with Crippen molar-refractivity contribution in [1.29, 1.82) is 5.41 Å². The number of carbonyl (C=O) groups excluding carboxylic acids is 1. The Morgan fingerprint density at radius 1 is 1.18 bits per heavy atom. The molecule has 0 aliphatic carbocycles. The zero-order valence-electron chi connectivity index (χ0n) is 18.5. The summed E-state index contributed by atoms with van der Waals surface area (Å²) in [6, 6.07) is 15.1. The van der Waals surface area contributed by atoms with Crippen LogP contribution in [0, 0.1) is 15.5 Å². The lowest BCUT2D eigenvalue weighted by atomic mass is 9.68. The molecule has 3 heterocycles. The number of nitrogens with one attached hydrogen (secondary N) is 3. The Kier molecular flexibility index (Phi) is 5.96. The molecule has 2 aromatic rings. The van der Waals surface area contributed by atoms with Gasteiger partial charge in [-0.05, 0) is 6.07 Å². The van der Waals surface area contributed by atoms with E-state index in [1.165, 1.54) is 4.90 Å². The third kappa shape index (κ3) is 3.45. The zero-order chi connectivity index (χ0) is 24.6. The Labute approximate surface area is 198 Å². The molecule has 1 saturated heterocycles. The van der Waals surface area contributed by atoms with E-state index in [0.29, 0.717) is 29.9 Å². The first-order valence-corrected chi connectivity index (χ1v) is 12.3. The van der Waals surface area contributed by atoms with E-state index < -0.39 is 32.7 Å². The molecule has 0 unspecified atom stereocenters. The molecule has 1 fully saturated rings. The molecule has 1 amide bonds. The number of fused-ring (bicyclic) bond motifs is 3. The second-order valence-electron chi connectivity index (χ2n) is 7.96. The Morgan fingerprint density at radius 2 is 1.79 bits per heavy atom. The van der Waals surface area contributed by atoms with Gasteiger partial charge >= 0.3 is 5.70 Å². The average Bonchev–Trinajstić information content (AvgIpc) is 3.38. The first-order chi connectivity index (χ1) is 16.2. The van der Waals surface area contributed by atoms with Crippen molar-refractivity contribution in [3.63, 3.8) is 0 Å². The maximum Gasteiger partial charge on any atom is 0.311 e.